The highest BCUT2D eigenvalue weighted by molar-refractivity contribution is 5.65. The molecule has 1 fully saturated rings. The summed E-state index contributed by atoms with van der Waals surface area (Å²) >= 11 is 0. The van der Waals surface area contributed by atoms with Crippen LogP contribution in [0.3, 0.4) is 0 Å². The highest BCUT2D eigenvalue weighted by atomic mass is 16.6. The third kappa shape index (κ3) is 2.61. The Bertz CT molecular complexity index is 517. The molecule has 2 heterocycles. The van der Waals surface area contributed by atoms with Crippen LogP contribution in [0.1, 0.15) is 13.2 Å². The van der Waals surface area contributed by atoms with Gasteiger partial charge in [-0.25, -0.2) is 0 Å². The van der Waals surface area contributed by atoms with Gasteiger partial charge in [0.25, 0.3) is 0 Å². The van der Waals surface area contributed by atoms with Crippen LogP contribution in [0.5, 0.6) is 0 Å². The van der Waals surface area contributed by atoms with Crippen molar-refractivity contribution in [3.8, 4) is 0 Å². The van der Waals surface area contributed by atoms with Gasteiger partial charge in [0.05, 0.1) is 0 Å². The summed E-state index contributed by atoms with van der Waals surface area (Å²) in [7, 11) is 0. The second-order valence-corrected chi connectivity index (χ2v) is 4.24. The molecule has 0 aromatic carbocycles. The summed E-state index contributed by atoms with van der Waals surface area (Å²) in [5.74, 6) is -1.08. The van der Waals surface area contributed by atoms with Crippen molar-refractivity contribution in [3.63, 3.8) is 0 Å². The molecule has 0 aliphatic carbocycles. The topological polar surface area (TPSA) is 137 Å². The molecule has 0 saturated carbocycles. The van der Waals surface area contributed by atoms with Crippen molar-refractivity contribution < 1.29 is 29.4 Å². The van der Waals surface area contributed by atoms with Crippen LogP contribution in [0.15, 0.2) is 12.4 Å². The first kappa shape index (κ1) is 14.4. The number of hydrogen-bond donors (Lipinski definition) is 2. The lowest BCUT2D eigenvalue weighted by Crippen LogP contribution is -2.34. The normalized spacial score (nSPS) is 29.4. The first-order valence-electron chi connectivity index (χ1n) is 5.74. The summed E-state index contributed by atoms with van der Waals surface area (Å²) in [5, 5.41) is 30.5. The predicted molar refractivity (Wildman–Crippen MR) is 61.4 cm³/mol. The lowest BCUT2D eigenvalue weighted by atomic mass is 10.1. The van der Waals surface area contributed by atoms with E-state index in [4.69, 9.17) is 9.47 Å². The number of rotatable bonds is 4. The predicted octanol–water partition coefficient (Wildman–Crippen LogP) is -1.03. The number of carbonyl (C=O) groups is 1. The summed E-state index contributed by atoms with van der Waals surface area (Å²) in [6.45, 7) is 0.933. The average Bonchev–Trinajstić information content (AvgIpc) is 2.95. The van der Waals surface area contributed by atoms with Crippen molar-refractivity contribution in [3.05, 3.63) is 22.5 Å². The molecule has 4 atom stereocenters. The number of aromatic nitrogens is 2. The van der Waals surface area contributed by atoms with E-state index in [1.807, 2.05) is 0 Å². The maximum Gasteiger partial charge on any atom is 0.436 e. The number of imidazole rings is 1. The molecule has 1 aliphatic rings. The molecule has 1 unspecified atom stereocenters. The fourth-order valence-corrected chi connectivity index (χ4v) is 1.94. The quantitative estimate of drug-likeness (QED) is 0.407. The van der Waals surface area contributed by atoms with Gasteiger partial charge in [-0.05, 0) is 4.92 Å². The van der Waals surface area contributed by atoms with E-state index in [9.17, 15) is 25.1 Å². The summed E-state index contributed by atoms with van der Waals surface area (Å²) in [4.78, 5) is 24.3. The molecule has 0 radical (unpaired) electrons. The highest BCUT2D eigenvalue weighted by Crippen LogP contribution is 2.31. The molecule has 0 amide bonds. The molecule has 10 nitrogen and oxygen atoms in total. The zero-order valence-electron chi connectivity index (χ0n) is 10.4. The van der Waals surface area contributed by atoms with Gasteiger partial charge < -0.3 is 29.8 Å². The largest absolute Gasteiger partial charge is 0.463 e. The Labute approximate surface area is 112 Å². The van der Waals surface area contributed by atoms with Gasteiger partial charge >= 0.3 is 11.9 Å². The van der Waals surface area contributed by atoms with Crippen LogP contribution in [-0.2, 0) is 14.3 Å². The van der Waals surface area contributed by atoms with Crippen LogP contribution >= 0.6 is 0 Å². The number of aliphatic hydroxyl groups excluding tert-OH is 2. The van der Waals surface area contributed by atoms with Crippen molar-refractivity contribution in [2.45, 2.75) is 31.5 Å². The number of ether oxygens (including phenoxy) is 2. The van der Waals surface area contributed by atoms with E-state index in [1.165, 1.54) is 19.3 Å². The number of nitro groups is 1. The van der Waals surface area contributed by atoms with Gasteiger partial charge in [-0.2, -0.15) is 4.57 Å². The van der Waals surface area contributed by atoms with Crippen LogP contribution in [0.2, 0.25) is 0 Å². The maximum absolute atomic E-state index is 10.8. The van der Waals surface area contributed by atoms with E-state index >= 15 is 0 Å². The van der Waals surface area contributed by atoms with Gasteiger partial charge in [-0.3, -0.25) is 4.79 Å². The van der Waals surface area contributed by atoms with Crippen LogP contribution < -0.4 is 0 Å². The number of hydrogen-bond acceptors (Lipinski definition) is 8. The van der Waals surface area contributed by atoms with E-state index in [2.05, 4.69) is 4.98 Å². The third-order valence-electron chi connectivity index (χ3n) is 2.87. The standard InChI is InChI=1S/C10H13N3O7/c1-5(14)19-4-6-7(15)8(16)9(20-6)12-3-2-11-10(12)13(17)18/h2-3,6-9,15-16H,4H2,1H3/t6-,7-,8-,9?/m1/s1. The summed E-state index contributed by atoms with van der Waals surface area (Å²) in [6.07, 6.45) is -2.44. The van der Waals surface area contributed by atoms with Gasteiger partial charge in [0.1, 0.15) is 37.3 Å². The van der Waals surface area contributed by atoms with E-state index in [0.717, 1.165) is 4.57 Å². The first-order chi connectivity index (χ1) is 9.41. The van der Waals surface area contributed by atoms with Crippen molar-refractivity contribution in [1.82, 2.24) is 9.55 Å². The second-order valence-electron chi connectivity index (χ2n) is 4.24. The molecule has 20 heavy (non-hydrogen) atoms. The minimum atomic E-state index is -1.40. The van der Waals surface area contributed by atoms with Crippen molar-refractivity contribution in [1.29, 1.82) is 0 Å². The molecule has 2 rings (SSSR count). The molecule has 0 spiro atoms. The number of carbonyl (C=O) groups excluding carboxylic acids is 1. The van der Waals surface area contributed by atoms with E-state index in [-0.39, 0.29) is 6.61 Å². The Morgan fingerprint density at radius 2 is 2.30 bits per heavy atom. The molecule has 0 bridgehead atoms. The average molecular weight is 287 g/mol. The van der Waals surface area contributed by atoms with Crippen LogP contribution in [0, 0.1) is 10.1 Å². The van der Waals surface area contributed by atoms with E-state index in [0.29, 0.717) is 0 Å². The summed E-state index contributed by atoms with van der Waals surface area (Å²) < 4.78 is 11.0. The van der Waals surface area contributed by atoms with E-state index < -0.39 is 41.4 Å². The van der Waals surface area contributed by atoms with Gasteiger partial charge in [0.2, 0.25) is 6.23 Å². The Morgan fingerprint density at radius 3 is 2.90 bits per heavy atom. The molecule has 1 aromatic rings. The molecular formula is C10H13N3O7. The minimum absolute atomic E-state index is 0.257. The number of aliphatic hydroxyl groups is 2. The zero-order valence-corrected chi connectivity index (χ0v) is 10.4. The summed E-state index contributed by atoms with van der Waals surface area (Å²) in [5.41, 5.74) is 0. The molecule has 1 aromatic heterocycles. The van der Waals surface area contributed by atoms with Crippen molar-refractivity contribution >= 4 is 11.9 Å². The zero-order chi connectivity index (χ0) is 14.9. The number of esters is 1. The SMILES string of the molecule is CC(=O)OC[C@H]1OC(n2ccnc2[N+](=O)[O-])[C@H](O)[C@@H]1O. The molecule has 2 N–H and O–H groups in total. The molecule has 1 saturated heterocycles. The van der Waals surface area contributed by atoms with Crippen LogP contribution in [0.4, 0.5) is 5.95 Å². The Hall–Kier alpha value is -2.04. The maximum atomic E-state index is 10.8. The van der Waals surface area contributed by atoms with Crippen LogP contribution in [-0.4, -0.2) is 55.6 Å². The molecule has 110 valence electrons. The number of nitrogens with zero attached hydrogens (tertiary/aromatic N) is 3. The first-order valence-corrected chi connectivity index (χ1v) is 5.74. The molecular weight excluding hydrogens is 274 g/mol. The Morgan fingerprint density at radius 1 is 1.60 bits per heavy atom. The second kappa shape index (κ2) is 5.53. The lowest BCUT2D eigenvalue weighted by molar-refractivity contribution is -0.398. The van der Waals surface area contributed by atoms with Crippen LogP contribution in [0.25, 0.3) is 0 Å². The van der Waals surface area contributed by atoms with Gasteiger partial charge in [0.15, 0.2) is 0 Å². The van der Waals surface area contributed by atoms with E-state index in [1.54, 1.807) is 0 Å². The highest BCUT2D eigenvalue weighted by Gasteiger charge is 2.47. The minimum Gasteiger partial charge on any atom is -0.463 e. The monoisotopic (exact) mass is 287 g/mol. The van der Waals surface area contributed by atoms with Gasteiger partial charge in [0, 0.05) is 6.92 Å². The fraction of sp³-hybridized carbons (Fsp3) is 0.600. The molecule has 10 heteroatoms. The summed E-state index contributed by atoms with van der Waals surface area (Å²) in [6, 6.07) is 0. The molecule has 1 aliphatic heterocycles. The Kier molecular flexibility index (Phi) is 3.97. The van der Waals surface area contributed by atoms with Crippen molar-refractivity contribution in [2.24, 2.45) is 0 Å². The van der Waals surface area contributed by atoms with Gasteiger partial charge in [-0.15, -0.1) is 0 Å². The van der Waals surface area contributed by atoms with Crippen molar-refractivity contribution in [2.75, 3.05) is 6.61 Å². The Balaban J connectivity index is 2.15. The lowest BCUT2D eigenvalue weighted by Gasteiger charge is -2.13. The fourth-order valence-electron chi connectivity index (χ4n) is 1.94. The third-order valence-corrected chi connectivity index (χ3v) is 2.87. The van der Waals surface area contributed by atoms with Gasteiger partial charge in [-0.1, -0.05) is 4.98 Å². The smallest absolute Gasteiger partial charge is 0.436 e.